The van der Waals surface area contributed by atoms with Gasteiger partial charge in [-0.3, -0.25) is 9.69 Å². The summed E-state index contributed by atoms with van der Waals surface area (Å²) in [4.78, 5) is 28.0. The topological polar surface area (TPSA) is 89.5 Å². The number of hydrogen-bond acceptors (Lipinski definition) is 7. The van der Waals surface area contributed by atoms with Gasteiger partial charge in [-0.25, -0.2) is 15.0 Å². The number of morpholine rings is 1. The van der Waals surface area contributed by atoms with E-state index in [1.807, 2.05) is 18.3 Å². The molecule has 174 valence electrons. The van der Waals surface area contributed by atoms with Gasteiger partial charge < -0.3 is 14.8 Å². The van der Waals surface area contributed by atoms with E-state index in [4.69, 9.17) is 9.47 Å². The first-order valence-electron chi connectivity index (χ1n) is 11.5. The summed E-state index contributed by atoms with van der Waals surface area (Å²) < 4.78 is 10.8. The minimum absolute atomic E-state index is 0.00868. The lowest BCUT2D eigenvalue weighted by atomic mass is 10.1. The number of hydrogen-bond donors (Lipinski definition) is 1. The summed E-state index contributed by atoms with van der Waals surface area (Å²) in [5.41, 5.74) is 2.55. The second kappa shape index (κ2) is 9.75. The molecule has 1 aliphatic heterocycles. The first-order chi connectivity index (χ1) is 16.6. The van der Waals surface area contributed by atoms with Crippen LogP contribution in [-0.2, 0) is 16.1 Å². The molecule has 2 aliphatic rings. The molecule has 0 aromatic carbocycles. The first kappa shape index (κ1) is 22.3. The normalized spacial score (nSPS) is 19.8. The van der Waals surface area contributed by atoms with Crippen LogP contribution in [0.5, 0.6) is 5.88 Å². The summed E-state index contributed by atoms with van der Waals surface area (Å²) >= 11 is 0. The van der Waals surface area contributed by atoms with E-state index in [9.17, 15) is 4.79 Å². The van der Waals surface area contributed by atoms with E-state index in [1.54, 1.807) is 19.5 Å². The maximum absolute atomic E-state index is 12.4. The highest BCUT2D eigenvalue weighted by Crippen LogP contribution is 2.38. The fourth-order valence-corrected chi connectivity index (χ4v) is 4.09. The Morgan fingerprint density at radius 2 is 1.97 bits per heavy atom. The highest BCUT2D eigenvalue weighted by atomic mass is 16.5. The molecule has 5 rings (SSSR count). The number of methoxy groups -OCH3 is 1. The fraction of sp³-hybridized carbons (Fsp3) is 0.385. The number of aromatic nitrogens is 3. The van der Waals surface area contributed by atoms with Crippen LogP contribution in [0.1, 0.15) is 30.2 Å². The predicted octanol–water partition coefficient (Wildman–Crippen LogP) is 2.86. The molecule has 0 unspecified atom stereocenters. The van der Waals surface area contributed by atoms with Gasteiger partial charge in [-0.2, -0.15) is 0 Å². The third kappa shape index (κ3) is 5.01. The van der Waals surface area contributed by atoms with Crippen molar-refractivity contribution in [2.24, 2.45) is 11.8 Å². The Hall–Kier alpha value is -3.54. The van der Waals surface area contributed by atoms with E-state index in [-0.39, 0.29) is 11.8 Å². The van der Waals surface area contributed by atoms with Crippen LogP contribution in [-0.4, -0.2) is 59.2 Å². The van der Waals surface area contributed by atoms with Gasteiger partial charge in [0.15, 0.2) is 0 Å². The van der Waals surface area contributed by atoms with Crippen molar-refractivity contribution in [3.05, 3.63) is 53.6 Å². The van der Waals surface area contributed by atoms with Gasteiger partial charge in [0, 0.05) is 49.5 Å². The molecule has 0 spiro atoms. The maximum Gasteiger partial charge on any atom is 0.228 e. The molecule has 3 aromatic heterocycles. The summed E-state index contributed by atoms with van der Waals surface area (Å²) in [6, 6.07) is 5.83. The van der Waals surface area contributed by atoms with Gasteiger partial charge in [0.05, 0.1) is 31.3 Å². The van der Waals surface area contributed by atoms with E-state index in [0.29, 0.717) is 28.9 Å². The number of carbonyl (C=O) groups excluding carboxylic acids is 1. The molecule has 3 aromatic rings. The zero-order chi connectivity index (χ0) is 23.5. The lowest BCUT2D eigenvalue weighted by Crippen LogP contribution is -2.35. The van der Waals surface area contributed by atoms with Crippen LogP contribution in [0.4, 0.5) is 5.82 Å². The quantitative estimate of drug-likeness (QED) is 0.589. The van der Waals surface area contributed by atoms with Crippen LogP contribution in [0, 0.1) is 23.7 Å². The number of pyridine rings is 3. The lowest BCUT2D eigenvalue weighted by molar-refractivity contribution is -0.117. The Bertz CT molecular complexity index is 1260. The molecule has 1 amide bonds. The standard InChI is InChI=1S/C26H27N5O3/c1-17-11-21(17)25(32)30-24-12-22-19(14-29-26(33-2)23(22)15-28-24)4-6-20-5-3-18(13-27-20)16-31-7-9-34-10-8-31/h3,5,12-15,17,21H,7-11,16H2,1-2H3,(H,28,30,32)/t17-,21+/m1/s1. The number of ether oxygens (including phenoxy) is 2. The molecular weight excluding hydrogens is 430 g/mol. The van der Waals surface area contributed by atoms with Crippen LogP contribution in [0.15, 0.2) is 36.8 Å². The number of nitrogens with one attached hydrogen (secondary N) is 1. The third-order valence-electron chi connectivity index (χ3n) is 6.29. The Morgan fingerprint density at radius 1 is 1.15 bits per heavy atom. The van der Waals surface area contributed by atoms with Crippen LogP contribution in [0.3, 0.4) is 0 Å². The highest BCUT2D eigenvalue weighted by molar-refractivity contribution is 5.97. The van der Waals surface area contributed by atoms with Crippen molar-refractivity contribution in [1.82, 2.24) is 19.9 Å². The van der Waals surface area contributed by atoms with Gasteiger partial charge in [-0.1, -0.05) is 18.9 Å². The second-order valence-corrected chi connectivity index (χ2v) is 8.80. The van der Waals surface area contributed by atoms with Crippen LogP contribution < -0.4 is 10.1 Å². The average Bonchev–Trinajstić information content (AvgIpc) is 3.60. The summed E-state index contributed by atoms with van der Waals surface area (Å²) in [7, 11) is 1.57. The van der Waals surface area contributed by atoms with Crippen molar-refractivity contribution < 1.29 is 14.3 Å². The molecule has 8 heteroatoms. The van der Waals surface area contributed by atoms with Gasteiger partial charge in [0.2, 0.25) is 11.8 Å². The van der Waals surface area contributed by atoms with Crippen molar-refractivity contribution in [3.63, 3.8) is 0 Å². The minimum atomic E-state index is 0.00868. The van der Waals surface area contributed by atoms with Crippen molar-refractivity contribution in [1.29, 1.82) is 0 Å². The van der Waals surface area contributed by atoms with Gasteiger partial charge >= 0.3 is 0 Å². The van der Waals surface area contributed by atoms with Crippen LogP contribution >= 0.6 is 0 Å². The largest absolute Gasteiger partial charge is 0.481 e. The summed E-state index contributed by atoms with van der Waals surface area (Å²) in [5.74, 6) is 7.79. The minimum Gasteiger partial charge on any atom is -0.481 e. The molecule has 4 heterocycles. The zero-order valence-electron chi connectivity index (χ0n) is 19.4. The van der Waals surface area contributed by atoms with Crippen LogP contribution in [0.25, 0.3) is 10.8 Å². The van der Waals surface area contributed by atoms with E-state index >= 15 is 0 Å². The van der Waals surface area contributed by atoms with Gasteiger partial charge in [-0.05, 0) is 36.0 Å². The van der Waals surface area contributed by atoms with Crippen molar-refractivity contribution >= 4 is 22.5 Å². The summed E-state index contributed by atoms with van der Waals surface area (Å²) in [6.07, 6.45) is 6.14. The third-order valence-corrected chi connectivity index (χ3v) is 6.29. The number of carbonyl (C=O) groups is 1. The SMILES string of the molecule is COc1ncc(C#Cc2ccc(CN3CCOCC3)cn2)c2cc(NC(=O)[C@H]3C[C@H]3C)ncc12. The van der Waals surface area contributed by atoms with Crippen LogP contribution in [0.2, 0.25) is 0 Å². The Kier molecular flexibility index (Phi) is 6.39. The first-order valence-corrected chi connectivity index (χ1v) is 11.5. The van der Waals surface area contributed by atoms with Crippen molar-refractivity contribution in [2.75, 3.05) is 38.7 Å². The summed E-state index contributed by atoms with van der Waals surface area (Å²) in [5, 5.41) is 4.47. The molecule has 34 heavy (non-hydrogen) atoms. The Labute approximate surface area is 198 Å². The molecule has 1 aliphatic carbocycles. The molecule has 0 radical (unpaired) electrons. The molecule has 1 saturated heterocycles. The molecule has 2 fully saturated rings. The second-order valence-electron chi connectivity index (χ2n) is 8.80. The predicted molar refractivity (Wildman–Crippen MR) is 128 cm³/mol. The number of nitrogens with zero attached hydrogens (tertiary/aromatic N) is 4. The van der Waals surface area contributed by atoms with Gasteiger partial charge in [0.25, 0.3) is 0 Å². The van der Waals surface area contributed by atoms with Gasteiger partial charge in [0.1, 0.15) is 11.5 Å². The smallest absolute Gasteiger partial charge is 0.228 e. The maximum atomic E-state index is 12.4. The van der Waals surface area contributed by atoms with E-state index in [0.717, 1.165) is 55.6 Å². The van der Waals surface area contributed by atoms with Gasteiger partial charge in [-0.15, -0.1) is 0 Å². The lowest BCUT2D eigenvalue weighted by Gasteiger charge is -2.26. The molecule has 1 N–H and O–H groups in total. The Morgan fingerprint density at radius 3 is 2.68 bits per heavy atom. The monoisotopic (exact) mass is 457 g/mol. The zero-order valence-corrected chi connectivity index (χ0v) is 19.4. The molecule has 2 atom stereocenters. The average molecular weight is 458 g/mol. The Balaban J connectivity index is 1.37. The van der Waals surface area contributed by atoms with Crippen molar-refractivity contribution in [2.45, 2.75) is 19.9 Å². The highest BCUT2D eigenvalue weighted by Gasteiger charge is 2.39. The molecule has 8 nitrogen and oxygen atoms in total. The van der Waals surface area contributed by atoms with E-state index < -0.39 is 0 Å². The van der Waals surface area contributed by atoms with E-state index in [1.165, 1.54) is 0 Å². The molecule has 0 bridgehead atoms. The number of fused-ring (bicyclic) bond motifs is 1. The fourth-order valence-electron chi connectivity index (χ4n) is 4.09. The molecular formula is C26H27N5O3. The number of rotatable bonds is 5. The van der Waals surface area contributed by atoms with E-state index in [2.05, 4.69) is 50.0 Å². The molecule has 1 saturated carbocycles. The van der Waals surface area contributed by atoms with Crippen molar-refractivity contribution in [3.8, 4) is 17.7 Å². The number of anilines is 1. The summed E-state index contributed by atoms with van der Waals surface area (Å²) in [6.45, 7) is 6.37. The number of amides is 1.